The Labute approximate surface area is 219 Å². The van der Waals surface area contributed by atoms with Crippen LogP contribution < -0.4 is 0 Å². The first-order chi connectivity index (χ1) is 16.5. The van der Waals surface area contributed by atoms with Crippen molar-refractivity contribution in [3.8, 4) is 0 Å². The van der Waals surface area contributed by atoms with E-state index in [0.29, 0.717) is 24.0 Å². The summed E-state index contributed by atoms with van der Waals surface area (Å²) in [6.07, 6.45) is 11.8. The third-order valence-corrected chi connectivity index (χ3v) is 11.7. The van der Waals surface area contributed by atoms with Crippen molar-refractivity contribution in [3.05, 3.63) is 23.3 Å². The van der Waals surface area contributed by atoms with Crippen molar-refractivity contribution < 1.29 is 19.4 Å². The minimum atomic E-state index is -0.944. The van der Waals surface area contributed by atoms with Gasteiger partial charge in [0.2, 0.25) is 0 Å². The Balaban J connectivity index is 1.69. The van der Waals surface area contributed by atoms with Crippen LogP contribution in [0.2, 0.25) is 0 Å². The van der Waals surface area contributed by atoms with Crippen LogP contribution in [0.4, 0.5) is 0 Å². The number of allylic oxidation sites excluding steroid dienone is 2. The summed E-state index contributed by atoms with van der Waals surface area (Å²) in [4.78, 5) is 24.9. The van der Waals surface area contributed by atoms with Crippen LogP contribution in [0, 0.1) is 39.4 Å². The molecule has 2 fully saturated rings. The molecule has 0 heterocycles. The summed E-state index contributed by atoms with van der Waals surface area (Å²) in [5.41, 5.74) is 2.62. The first kappa shape index (κ1) is 27.6. The molecule has 2 saturated carbocycles. The van der Waals surface area contributed by atoms with Crippen molar-refractivity contribution >= 4 is 11.8 Å². The Morgan fingerprint density at radius 1 is 1.03 bits per heavy atom. The average molecular weight is 499 g/mol. The number of ether oxygens (including phenoxy) is 1. The van der Waals surface area contributed by atoms with Crippen LogP contribution in [0.3, 0.4) is 0 Å². The van der Waals surface area contributed by atoms with Crippen LogP contribution in [0.25, 0.3) is 0 Å². The lowest BCUT2D eigenvalue weighted by atomic mass is 9.43. The molecule has 0 saturated heterocycles. The fourth-order valence-electron chi connectivity index (χ4n) is 9.45. The van der Waals surface area contributed by atoms with E-state index in [2.05, 4.69) is 41.5 Å². The first-order valence-electron chi connectivity index (χ1n) is 14.3. The minimum Gasteiger partial charge on any atom is -0.458 e. The smallest absolute Gasteiger partial charge is 0.303 e. The molecule has 0 aliphatic heterocycles. The van der Waals surface area contributed by atoms with Crippen LogP contribution in [-0.4, -0.2) is 28.6 Å². The van der Waals surface area contributed by atoms with Gasteiger partial charge in [0.05, 0.1) is 5.60 Å². The zero-order chi connectivity index (χ0) is 26.9. The number of carbonyl (C=O) groups is 2. The largest absolute Gasteiger partial charge is 0.458 e. The third-order valence-electron chi connectivity index (χ3n) is 11.7. The second-order valence-electron chi connectivity index (χ2n) is 14.5. The lowest BCUT2D eigenvalue weighted by molar-refractivity contribution is -0.148. The highest BCUT2D eigenvalue weighted by atomic mass is 16.5. The Kier molecular flexibility index (Phi) is 6.76. The molecule has 0 spiro atoms. The number of rotatable bonds is 5. The summed E-state index contributed by atoms with van der Waals surface area (Å²) in [6.45, 7) is 19.1. The van der Waals surface area contributed by atoms with Crippen molar-refractivity contribution in [2.45, 2.75) is 125 Å². The SMILES string of the molecule is CC(=O)OC(C=CC(C)(C)O)C(C)C1CCC2(C)C3=C(CCC12C)C1(C)CCC(=O)C(C)(C)C1CC3. The molecular weight excluding hydrogens is 448 g/mol. The van der Waals surface area contributed by atoms with Gasteiger partial charge < -0.3 is 9.84 Å². The van der Waals surface area contributed by atoms with E-state index in [1.807, 2.05) is 6.08 Å². The highest BCUT2D eigenvalue weighted by Crippen LogP contribution is 2.72. The van der Waals surface area contributed by atoms with E-state index >= 15 is 0 Å². The summed E-state index contributed by atoms with van der Waals surface area (Å²) in [5.74, 6) is 1.22. The number of hydrogen-bond acceptors (Lipinski definition) is 4. The van der Waals surface area contributed by atoms with Gasteiger partial charge in [0.25, 0.3) is 0 Å². The molecule has 1 N–H and O–H groups in total. The Morgan fingerprint density at radius 3 is 2.31 bits per heavy atom. The Morgan fingerprint density at radius 2 is 1.69 bits per heavy atom. The Bertz CT molecular complexity index is 981. The topological polar surface area (TPSA) is 63.6 Å². The maximum atomic E-state index is 12.9. The van der Waals surface area contributed by atoms with Gasteiger partial charge in [-0.2, -0.15) is 0 Å². The summed E-state index contributed by atoms with van der Waals surface area (Å²) in [6, 6.07) is 0. The maximum Gasteiger partial charge on any atom is 0.303 e. The summed E-state index contributed by atoms with van der Waals surface area (Å²) < 4.78 is 5.82. The Hall–Kier alpha value is -1.42. The highest BCUT2D eigenvalue weighted by molar-refractivity contribution is 5.85. The van der Waals surface area contributed by atoms with Gasteiger partial charge >= 0.3 is 5.97 Å². The van der Waals surface area contributed by atoms with Gasteiger partial charge in [0.15, 0.2) is 0 Å². The molecular formula is C32H50O4. The summed E-state index contributed by atoms with van der Waals surface area (Å²) in [7, 11) is 0. The van der Waals surface area contributed by atoms with Gasteiger partial charge in [0, 0.05) is 24.7 Å². The molecule has 4 aliphatic carbocycles. The number of Topliss-reactive ketones (excluding diaryl/α,β-unsaturated/α-hetero) is 1. The summed E-state index contributed by atoms with van der Waals surface area (Å²) in [5, 5.41) is 10.3. The molecule has 0 aromatic carbocycles. The van der Waals surface area contributed by atoms with E-state index in [1.165, 1.54) is 13.3 Å². The number of esters is 1. The molecule has 0 aromatic rings. The first-order valence-corrected chi connectivity index (χ1v) is 14.3. The van der Waals surface area contributed by atoms with Gasteiger partial charge in [-0.1, -0.05) is 58.8 Å². The predicted molar refractivity (Wildman–Crippen MR) is 144 cm³/mol. The molecule has 4 nitrogen and oxygen atoms in total. The number of fused-ring (bicyclic) bond motifs is 4. The number of aliphatic hydroxyl groups is 1. The zero-order valence-electron chi connectivity index (χ0n) is 24.3. The zero-order valence-corrected chi connectivity index (χ0v) is 24.3. The van der Waals surface area contributed by atoms with Crippen LogP contribution in [-0.2, 0) is 14.3 Å². The van der Waals surface area contributed by atoms with Gasteiger partial charge in [0.1, 0.15) is 11.9 Å². The van der Waals surface area contributed by atoms with Gasteiger partial charge in [-0.05, 0) is 93.0 Å². The minimum absolute atomic E-state index is 0.134. The van der Waals surface area contributed by atoms with Crippen molar-refractivity contribution in [3.63, 3.8) is 0 Å². The predicted octanol–water partition coefficient (Wildman–Crippen LogP) is 7.20. The van der Waals surface area contributed by atoms with E-state index < -0.39 is 5.60 Å². The van der Waals surface area contributed by atoms with E-state index in [0.717, 1.165) is 38.5 Å². The monoisotopic (exact) mass is 498 g/mol. The molecule has 0 radical (unpaired) electrons. The van der Waals surface area contributed by atoms with E-state index in [1.54, 1.807) is 31.1 Å². The molecule has 4 heteroatoms. The molecule has 4 rings (SSSR count). The molecule has 0 bridgehead atoms. The molecule has 202 valence electrons. The second-order valence-corrected chi connectivity index (χ2v) is 14.5. The number of carbonyl (C=O) groups excluding carboxylic acids is 2. The van der Waals surface area contributed by atoms with Crippen molar-refractivity contribution in [2.75, 3.05) is 0 Å². The molecule has 4 aliphatic rings. The van der Waals surface area contributed by atoms with Gasteiger partial charge in [-0.15, -0.1) is 0 Å². The van der Waals surface area contributed by atoms with Gasteiger partial charge in [-0.3, -0.25) is 9.59 Å². The standard InChI is InChI=1S/C32H50O4/c1-20(25(36-21(2)33)14-16-28(3,4)35)22-12-18-32(9)24-10-11-26-29(5,6)27(34)15-17-30(26,7)23(24)13-19-31(22,32)8/h14,16,20,22,25-26,35H,10-13,15,17-19H2,1-9H3. The second kappa shape index (κ2) is 8.82. The number of ketones is 1. The molecule has 0 aromatic heterocycles. The fourth-order valence-corrected chi connectivity index (χ4v) is 9.45. The van der Waals surface area contributed by atoms with Crippen molar-refractivity contribution in [2.24, 2.45) is 39.4 Å². The van der Waals surface area contributed by atoms with E-state index in [9.17, 15) is 14.7 Å². The van der Waals surface area contributed by atoms with E-state index in [-0.39, 0.29) is 39.7 Å². The van der Waals surface area contributed by atoms with Crippen LogP contribution >= 0.6 is 0 Å². The molecule has 0 amide bonds. The van der Waals surface area contributed by atoms with Crippen LogP contribution in [0.1, 0.15) is 114 Å². The summed E-state index contributed by atoms with van der Waals surface area (Å²) >= 11 is 0. The van der Waals surface area contributed by atoms with Crippen LogP contribution in [0.5, 0.6) is 0 Å². The quantitative estimate of drug-likeness (QED) is 0.321. The molecule has 7 atom stereocenters. The number of hydrogen-bond donors (Lipinski definition) is 1. The third kappa shape index (κ3) is 4.14. The van der Waals surface area contributed by atoms with Crippen molar-refractivity contribution in [1.29, 1.82) is 0 Å². The fraction of sp³-hybridized carbons (Fsp3) is 0.812. The molecule has 7 unspecified atom stereocenters. The highest BCUT2D eigenvalue weighted by Gasteiger charge is 2.63. The van der Waals surface area contributed by atoms with Crippen LogP contribution in [0.15, 0.2) is 23.3 Å². The molecule has 36 heavy (non-hydrogen) atoms. The average Bonchev–Trinajstić information content (AvgIpc) is 3.04. The maximum absolute atomic E-state index is 12.9. The lowest BCUT2D eigenvalue weighted by Gasteiger charge is -2.61. The normalized spacial score (nSPS) is 39.9. The van der Waals surface area contributed by atoms with Crippen molar-refractivity contribution in [1.82, 2.24) is 0 Å². The van der Waals surface area contributed by atoms with E-state index in [4.69, 9.17) is 4.74 Å². The van der Waals surface area contributed by atoms with Gasteiger partial charge in [-0.25, -0.2) is 0 Å². The lowest BCUT2D eigenvalue weighted by Crippen LogP contribution is -2.54.